The molecule has 1 fully saturated rings. The third-order valence-corrected chi connectivity index (χ3v) is 3.44. The maximum Gasteiger partial charge on any atom is 0.364 e. The van der Waals surface area contributed by atoms with Crippen molar-refractivity contribution in [2.75, 3.05) is 13.2 Å². The van der Waals surface area contributed by atoms with Gasteiger partial charge in [0.05, 0.1) is 18.8 Å². The van der Waals surface area contributed by atoms with Crippen LogP contribution in [0.2, 0.25) is 0 Å². The van der Waals surface area contributed by atoms with Gasteiger partial charge >= 0.3 is 5.97 Å². The molecule has 7 N–H and O–H groups in total. The second kappa shape index (κ2) is 8.21. The summed E-state index contributed by atoms with van der Waals surface area (Å²) in [7, 11) is 0. The topological polar surface area (TPSA) is 226 Å². The fourth-order valence-corrected chi connectivity index (χ4v) is 2.23. The number of carbonyl (C=O) groups excluding carboxylic acids is 1. The van der Waals surface area contributed by atoms with Crippen LogP contribution < -0.4 is 5.32 Å². The largest absolute Gasteiger partial charge is 0.477 e. The van der Waals surface area contributed by atoms with E-state index in [2.05, 4.69) is 15.3 Å². The molecule has 1 aliphatic rings. The minimum absolute atomic E-state index is 0.645. The van der Waals surface area contributed by atoms with Gasteiger partial charge in [0.1, 0.15) is 24.9 Å². The molecule has 1 amide bonds. The first-order valence-electron chi connectivity index (χ1n) is 6.75. The molecule has 136 valence electrons. The molecular weight excluding hydrogens is 332 g/mol. The molecule has 0 aliphatic carbocycles. The van der Waals surface area contributed by atoms with Crippen LogP contribution in [0.3, 0.4) is 0 Å². The van der Waals surface area contributed by atoms with Crippen LogP contribution in [0.1, 0.15) is 6.42 Å². The molecule has 0 unspecified atom stereocenters. The molecule has 1 saturated heterocycles. The molecule has 1 heterocycles. The maximum atomic E-state index is 11.6. The minimum Gasteiger partial charge on any atom is -0.477 e. The molecule has 0 aromatic carbocycles. The second-order valence-corrected chi connectivity index (χ2v) is 5.17. The number of aliphatic carboxylic acids is 1. The summed E-state index contributed by atoms with van der Waals surface area (Å²) in [6.07, 6.45) is -8.03. The molecule has 1 aliphatic heterocycles. The van der Waals surface area contributed by atoms with Crippen molar-refractivity contribution in [3.63, 3.8) is 0 Å². The van der Waals surface area contributed by atoms with Gasteiger partial charge in [-0.05, 0) is 5.53 Å². The third kappa shape index (κ3) is 4.52. The van der Waals surface area contributed by atoms with Gasteiger partial charge in [0, 0.05) is 11.3 Å². The van der Waals surface area contributed by atoms with Gasteiger partial charge in [-0.1, -0.05) is 5.11 Å². The standard InChI is InChI=1S/C11H18N4O9/c12-15-13-2-6(19)14-7-4(17)1-11(23,10(21)22)24-9(7)8(20)5(18)3-16/h4-5,7-9,16-18,20,23H,1-3H2,(H,14,19)(H,21,22)/t4-,5+,7+,8+,9+,11+/m0/s1. The summed E-state index contributed by atoms with van der Waals surface area (Å²) >= 11 is 0. The lowest BCUT2D eigenvalue weighted by Gasteiger charge is -2.44. The van der Waals surface area contributed by atoms with E-state index in [1.807, 2.05) is 0 Å². The van der Waals surface area contributed by atoms with Crippen LogP contribution in [-0.2, 0) is 14.3 Å². The van der Waals surface area contributed by atoms with Crippen LogP contribution in [0.5, 0.6) is 0 Å². The molecule has 0 radical (unpaired) electrons. The van der Waals surface area contributed by atoms with Gasteiger partial charge in [0.15, 0.2) is 0 Å². The van der Waals surface area contributed by atoms with Gasteiger partial charge in [0.25, 0.3) is 5.79 Å². The van der Waals surface area contributed by atoms with Crippen molar-refractivity contribution in [3.05, 3.63) is 10.4 Å². The first-order valence-corrected chi connectivity index (χ1v) is 6.75. The van der Waals surface area contributed by atoms with Crippen molar-refractivity contribution in [2.45, 2.75) is 42.7 Å². The number of aliphatic hydroxyl groups excluding tert-OH is 4. The highest BCUT2D eigenvalue weighted by molar-refractivity contribution is 5.79. The van der Waals surface area contributed by atoms with E-state index in [0.717, 1.165) is 0 Å². The third-order valence-electron chi connectivity index (χ3n) is 3.44. The number of nitrogens with one attached hydrogen (secondary N) is 1. The summed E-state index contributed by atoms with van der Waals surface area (Å²) in [4.78, 5) is 25.0. The number of aliphatic hydroxyl groups is 5. The molecule has 0 spiro atoms. The van der Waals surface area contributed by atoms with E-state index >= 15 is 0 Å². The lowest BCUT2D eigenvalue weighted by atomic mass is 9.88. The Balaban J connectivity index is 3.06. The normalized spacial score (nSPS) is 32.3. The van der Waals surface area contributed by atoms with Crippen LogP contribution in [-0.4, -0.2) is 91.9 Å². The number of carboxylic acid groups (broad SMARTS) is 1. The summed E-state index contributed by atoms with van der Waals surface area (Å²) < 4.78 is 4.87. The number of ether oxygens (including phenoxy) is 1. The highest BCUT2D eigenvalue weighted by Crippen LogP contribution is 2.30. The van der Waals surface area contributed by atoms with Crippen LogP contribution in [0, 0.1) is 0 Å². The van der Waals surface area contributed by atoms with Crippen molar-refractivity contribution in [1.82, 2.24) is 5.32 Å². The number of nitrogens with zero attached hydrogens (tertiary/aromatic N) is 3. The number of azide groups is 1. The highest BCUT2D eigenvalue weighted by Gasteiger charge is 2.53. The van der Waals surface area contributed by atoms with Gasteiger partial charge in [-0.15, -0.1) is 0 Å². The monoisotopic (exact) mass is 350 g/mol. The summed E-state index contributed by atoms with van der Waals surface area (Å²) in [5.74, 6) is -5.60. The molecule has 13 nitrogen and oxygen atoms in total. The first kappa shape index (κ1) is 20.1. The minimum atomic E-state index is -2.87. The van der Waals surface area contributed by atoms with Crippen LogP contribution in [0.25, 0.3) is 10.4 Å². The highest BCUT2D eigenvalue weighted by atomic mass is 16.7. The van der Waals surface area contributed by atoms with Crippen LogP contribution in [0.15, 0.2) is 5.11 Å². The number of amides is 1. The molecule has 0 aromatic rings. The van der Waals surface area contributed by atoms with E-state index in [1.54, 1.807) is 0 Å². The van der Waals surface area contributed by atoms with E-state index < -0.39 is 67.7 Å². The Bertz CT molecular complexity index is 526. The van der Waals surface area contributed by atoms with Gasteiger partial charge < -0.3 is 40.7 Å². The summed E-state index contributed by atoms with van der Waals surface area (Å²) in [6, 6.07) is -1.44. The Morgan fingerprint density at radius 1 is 1.46 bits per heavy atom. The Kier molecular flexibility index (Phi) is 6.86. The van der Waals surface area contributed by atoms with Crippen molar-refractivity contribution < 1.29 is 45.0 Å². The maximum absolute atomic E-state index is 11.6. The molecule has 0 bridgehead atoms. The van der Waals surface area contributed by atoms with E-state index in [-0.39, 0.29) is 0 Å². The predicted molar refractivity (Wildman–Crippen MR) is 73.1 cm³/mol. The van der Waals surface area contributed by atoms with Crippen LogP contribution >= 0.6 is 0 Å². The molecule has 13 heteroatoms. The Morgan fingerprint density at radius 2 is 2.08 bits per heavy atom. The quantitative estimate of drug-likeness (QED) is 0.137. The fourth-order valence-electron chi connectivity index (χ4n) is 2.23. The van der Waals surface area contributed by atoms with Gasteiger partial charge in [-0.25, -0.2) is 4.79 Å². The van der Waals surface area contributed by atoms with E-state index in [1.165, 1.54) is 0 Å². The van der Waals surface area contributed by atoms with Crippen LogP contribution in [0.4, 0.5) is 0 Å². The number of carboxylic acids is 1. The molecule has 0 saturated carbocycles. The lowest BCUT2D eigenvalue weighted by Crippen LogP contribution is -2.67. The first-order chi connectivity index (χ1) is 11.2. The van der Waals surface area contributed by atoms with Crippen molar-refractivity contribution >= 4 is 11.9 Å². The van der Waals surface area contributed by atoms with E-state index in [4.69, 9.17) is 20.5 Å². The average molecular weight is 350 g/mol. The van der Waals surface area contributed by atoms with E-state index in [0.29, 0.717) is 0 Å². The second-order valence-electron chi connectivity index (χ2n) is 5.17. The van der Waals surface area contributed by atoms with Gasteiger partial charge in [-0.2, -0.15) is 0 Å². The molecule has 24 heavy (non-hydrogen) atoms. The zero-order chi connectivity index (χ0) is 18.5. The summed E-state index contributed by atoms with van der Waals surface area (Å²) in [6.45, 7) is -1.57. The Labute approximate surface area is 134 Å². The molecule has 1 rings (SSSR count). The smallest absolute Gasteiger partial charge is 0.364 e. The summed E-state index contributed by atoms with van der Waals surface area (Å²) in [5, 5.41) is 62.3. The SMILES string of the molecule is [N-]=[N+]=NCC(=O)N[C@H]1[C@H]([C@H](O)[C@H](O)CO)O[C@@](O)(C(=O)O)C[C@@H]1O. The lowest BCUT2D eigenvalue weighted by molar-refractivity contribution is -0.295. The van der Waals surface area contributed by atoms with E-state index in [9.17, 15) is 30.0 Å². The van der Waals surface area contributed by atoms with Crippen molar-refractivity contribution in [3.8, 4) is 0 Å². The zero-order valence-corrected chi connectivity index (χ0v) is 12.3. The van der Waals surface area contributed by atoms with Crippen molar-refractivity contribution in [2.24, 2.45) is 5.11 Å². The van der Waals surface area contributed by atoms with Gasteiger partial charge in [0.2, 0.25) is 5.91 Å². The molecule has 6 atom stereocenters. The number of hydrogen-bond donors (Lipinski definition) is 7. The average Bonchev–Trinajstić information content (AvgIpc) is 2.53. The molecular formula is C11H18N4O9. The predicted octanol–water partition coefficient (Wildman–Crippen LogP) is -3.58. The number of hydrogen-bond acceptors (Lipinski definition) is 9. The Hall–Kier alpha value is -1.99. The zero-order valence-electron chi connectivity index (χ0n) is 12.3. The summed E-state index contributed by atoms with van der Waals surface area (Å²) in [5.41, 5.74) is 8.15. The number of carbonyl (C=O) groups is 2. The fraction of sp³-hybridized carbons (Fsp3) is 0.818. The van der Waals surface area contributed by atoms with Gasteiger partial charge in [-0.3, -0.25) is 4.79 Å². The number of rotatable bonds is 7. The molecule has 0 aromatic heterocycles. The van der Waals surface area contributed by atoms with Crippen molar-refractivity contribution in [1.29, 1.82) is 0 Å². The Morgan fingerprint density at radius 3 is 2.58 bits per heavy atom.